The highest BCUT2D eigenvalue weighted by Crippen LogP contribution is 2.28. The zero-order chi connectivity index (χ0) is 14.7. The summed E-state index contributed by atoms with van der Waals surface area (Å²) in [6, 6.07) is 5.57. The van der Waals surface area contributed by atoms with E-state index in [1.54, 1.807) is 12.3 Å². The summed E-state index contributed by atoms with van der Waals surface area (Å²) in [4.78, 5) is 4.02. The van der Waals surface area contributed by atoms with Crippen molar-refractivity contribution >= 4 is 5.69 Å². The minimum atomic E-state index is -1.05. The molecular weight excluding hydrogens is 259 g/mol. The molecular formula is C15H17FN2O2. The van der Waals surface area contributed by atoms with E-state index < -0.39 is 11.9 Å². The maximum atomic E-state index is 13.3. The number of hydrogen-bond acceptors (Lipinski definition) is 4. The smallest absolute Gasteiger partial charge is 0.138 e. The molecule has 1 aromatic carbocycles. The van der Waals surface area contributed by atoms with Crippen LogP contribution < -0.4 is 10.5 Å². The molecule has 0 saturated carbocycles. The molecule has 1 heterocycles. The number of nitrogens with two attached hydrogens (primary N) is 1. The number of aromatic nitrogens is 1. The van der Waals surface area contributed by atoms with E-state index in [1.165, 1.54) is 24.4 Å². The van der Waals surface area contributed by atoms with Crippen molar-refractivity contribution in [1.82, 2.24) is 4.98 Å². The van der Waals surface area contributed by atoms with E-state index in [2.05, 4.69) is 4.98 Å². The maximum Gasteiger partial charge on any atom is 0.138 e. The lowest BCUT2D eigenvalue weighted by Crippen LogP contribution is -2.08. The van der Waals surface area contributed by atoms with Crippen molar-refractivity contribution in [2.24, 2.45) is 0 Å². The summed E-state index contributed by atoms with van der Waals surface area (Å²) < 4.78 is 18.8. The molecule has 0 saturated heterocycles. The number of benzene rings is 1. The molecule has 106 valence electrons. The number of aliphatic hydroxyl groups is 1. The van der Waals surface area contributed by atoms with Gasteiger partial charge in [0.2, 0.25) is 0 Å². The third-order valence-corrected chi connectivity index (χ3v) is 2.77. The van der Waals surface area contributed by atoms with Gasteiger partial charge in [-0.2, -0.15) is 0 Å². The van der Waals surface area contributed by atoms with Gasteiger partial charge in [0.15, 0.2) is 0 Å². The molecule has 0 spiro atoms. The fourth-order valence-corrected chi connectivity index (χ4v) is 1.88. The van der Waals surface area contributed by atoms with Gasteiger partial charge in [0.05, 0.1) is 12.3 Å². The molecule has 4 nitrogen and oxygen atoms in total. The Bertz CT molecular complexity index is 602. The summed E-state index contributed by atoms with van der Waals surface area (Å²) in [5.74, 6) is 0.0994. The number of anilines is 1. The molecule has 0 aliphatic carbocycles. The van der Waals surface area contributed by atoms with Crippen molar-refractivity contribution < 1.29 is 14.2 Å². The number of rotatable bonds is 4. The number of pyridine rings is 1. The van der Waals surface area contributed by atoms with Gasteiger partial charge in [0, 0.05) is 23.0 Å². The van der Waals surface area contributed by atoms with Crippen molar-refractivity contribution in [3.05, 3.63) is 53.6 Å². The van der Waals surface area contributed by atoms with E-state index in [-0.39, 0.29) is 6.10 Å². The van der Waals surface area contributed by atoms with Gasteiger partial charge >= 0.3 is 0 Å². The van der Waals surface area contributed by atoms with E-state index in [9.17, 15) is 9.50 Å². The Morgan fingerprint density at radius 2 is 2.00 bits per heavy atom. The summed E-state index contributed by atoms with van der Waals surface area (Å²) in [5.41, 5.74) is 6.91. The Morgan fingerprint density at radius 3 is 2.70 bits per heavy atom. The van der Waals surface area contributed by atoms with Gasteiger partial charge in [-0.1, -0.05) is 0 Å². The van der Waals surface area contributed by atoms with Gasteiger partial charge in [-0.05, 0) is 38.1 Å². The van der Waals surface area contributed by atoms with Crippen molar-refractivity contribution in [2.45, 2.75) is 26.1 Å². The predicted molar refractivity (Wildman–Crippen MR) is 74.9 cm³/mol. The molecule has 2 rings (SSSR count). The van der Waals surface area contributed by atoms with Crippen LogP contribution in [0, 0.1) is 5.82 Å². The second-order valence-corrected chi connectivity index (χ2v) is 4.80. The molecule has 3 N–H and O–H groups in total. The van der Waals surface area contributed by atoms with Gasteiger partial charge < -0.3 is 15.6 Å². The minimum absolute atomic E-state index is 0.00318. The first-order valence-corrected chi connectivity index (χ1v) is 6.32. The number of nitrogen functional groups attached to an aromatic ring is 1. The largest absolute Gasteiger partial charge is 0.489 e. The zero-order valence-corrected chi connectivity index (χ0v) is 11.4. The van der Waals surface area contributed by atoms with E-state index >= 15 is 0 Å². The van der Waals surface area contributed by atoms with Gasteiger partial charge in [0.1, 0.15) is 17.7 Å². The second-order valence-electron chi connectivity index (χ2n) is 4.80. The molecule has 2 aromatic rings. The van der Waals surface area contributed by atoms with Crippen molar-refractivity contribution in [1.29, 1.82) is 0 Å². The average Bonchev–Trinajstić information content (AvgIpc) is 2.40. The first-order chi connectivity index (χ1) is 9.47. The van der Waals surface area contributed by atoms with Crippen molar-refractivity contribution in [2.75, 3.05) is 5.73 Å². The number of aliphatic hydroxyl groups excluding tert-OH is 1. The third kappa shape index (κ3) is 3.24. The van der Waals surface area contributed by atoms with Crippen LogP contribution in [0.3, 0.4) is 0 Å². The molecule has 0 fully saturated rings. The Morgan fingerprint density at radius 1 is 1.25 bits per heavy atom. The molecule has 0 amide bonds. The molecule has 0 bridgehead atoms. The highest BCUT2D eigenvalue weighted by Gasteiger charge is 2.15. The predicted octanol–water partition coefficient (Wildman–Crippen LogP) is 2.67. The molecule has 0 radical (unpaired) electrons. The summed E-state index contributed by atoms with van der Waals surface area (Å²) >= 11 is 0. The van der Waals surface area contributed by atoms with Crippen LogP contribution in [0.5, 0.6) is 5.75 Å². The topological polar surface area (TPSA) is 68.4 Å². The molecule has 0 aliphatic rings. The van der Waals surface area contributed by atoms with Crippen LogP contribution in [0.25, 0.3) is 0 Å². The standard InChI is InChI=1S/C15H17FN2O2/c1-9(2)20-12-5-10(7-18-8-12)15(19)13-6-11(16)3-4-14(13)17/h3-9,15,19H,17H2,1-2H3. The van der Waals surface area contributed by atoms with Crippen LogP contribution in [0.4, 0.5) is 10.1 Å². The Balaban J connectivity index is 2.33. The first-order valence-electron chi connectivity index (χ1n) is 6.32. The Hall–Kier alpha value is -2.14. The van der Waals surface area contributed by atoms with Crippen LogP contribution in [-0.2, 0) is 0 Å². The Kier molecular flexibility index (Phi) is 4.20. The van der Waals surface area contributed by atoms with Crippen LogP contribution in [-0.4, -0.2) is 16.2 Å². The van der Waals surface area contributed by atoms with Crippen LogP contribution in [0.2, 0.25) is 0 Å². The first kappa shape index (κ1) is 14.3. The highest BCUT2D eigenvalue weighted by molar-refractivity contribution is 5.50. The van der Waals surface area contributed by atoms with Gasteiger partial charge in [-0.3, -0.25) is 4.98 Å². The number of hydrogen-bond donors (Lipinski definition) is 2. The van der Waals surface area contributed by atoms with Crippen LogP contribution >= 0.6 is 0 Å². The van der Waals surface area contributed by atoms with Crippen LogP contribution in [0.15, 0.2) is 36.7 Å². The summed E-state index contributed by atoms with van der Waals surface area (Å²) in [6.07, 6.45) is 2.02. The van der Waals surface area contributed by atoms with Crippen molar-refractivity contribution in [3.8, 4) is 5.75 Å². The molecule has 5 heteroatoms. The molecule has 0 aliphatic heterocycles. The molecule has 20 heavy (non-hydrogen) atoms. The van der Waals surface area contributed by atoms with Gasteiger partial charge in [0.25, 0.3) is 0 Å². The summed E-state index contributed by atoms with van der Waals surface area (Å²) in [5, 5.41) is 10.3. The SMILES string of the molecule is CC(C)Oc1cncc(C(O)c2cc(F)ccc2N)c1. The maximum absolute atomic E-state index is 13.3. The zero-order valence-electron chi connectivity index (χ0n) is 11.4. The molecule has 1 unspecified atom stereocenters. The van der Waals surface area contributed by atoms with Crippen LogP contribution in [0.1, 0.15) is 31.1 Å². The van der Waals surface area contributed by atoms with Gasteiger partial charge in [-0.15, -0.1) is 0 Å². The van der Waals surface area contributed by atoms with E-state index in [0.29, 0.717) is 22.6 Å². The Labute approximate surface area is 117 Å². The number of halogens is 1. The van der Waals surface area contributed by atoms with E-state index in [0.717, 1.165) is 0 Å². The average molecular weight is 276 g/mol. The fraction of sp³-hybridized carbons (Fsp3) is 0.267. The monoisotopic (exact) mass is 276 g/mol. The summed E-state index contributed by atoms with van der Waals surface area (Å²) in [6.45, 7) is 3.79. The minimum Gasteiger partial charge on any atom is -0.489 e. The highest BCUT2D eigenvalue weighted by atomic mass is 19.1. The lowest BCUT2D eigenvalue weighted by molar-refractivity contribution is 0.216. The summed E-state index contributed by atoms with van der Waals surface area (Å²) in [7, 11) is 0. The second kappa shape index (κ2) is 5.88. The van der Waals surface area contributed by atoms with E-state index in [1.807, 2.05) is 13.8 Å². The van der Waals surface area contributed by atoms with Gasteiger partial charge in [-0.25, -0.2) is 4.39 Å². The lowest BCUT2D eigenvalue weighted by atomic mass is 10.0. The molecule has 1 atom stereocenters. The normalized spacial score (nSPS) is 12.4. The third-order valence-electron chi connectivity index (χ3n) is 2.77. The quantitative estimate of drug-likeness (QED) is 0.842. The fourth-order valence-electron chi connectivity index (χ4n) is 1.88. The van der Waals surface area contributed by atoms with Crippen molar-refractivity contribution in [3.63, 3.8) is 0 Å². The number of nitrogens with zero attached hydrogens (tertiary/aromatic N) is 1. The lowest BCUT2D eigenvalue weighted by Gasteiger charge is -2.15. The molecule has 1 aromatic heterocycles. The number of ether oxygens (including phenoxy) is 1. The van der Waals surface area contributed by atoms with E-state index in [4.69, 9.17) is 10.5 Å².